The van der Waals surface area contributed by atoms with Crippen LogP contribution in [0.3, 0.4) is 0 Å². The Morgan fingerprint density at radius 1 is 1.21 bits per heavy atom. The summed E-state index contributed by atoms with van der Waals surface area (Å²) in [6.07, 6.45) is 0. The van der Waals surface area contributed by atoms with Crippen LogP contribution in [0, 0.1) is 0 Å². The highest BCUT2D eigenvalue weighted by Gasteiger charge is 2.22. The van der Waals surface area contributed by atoms with Crippen LogP contribution in [-0.4, -0.2) is 36.1 Å². The van der Waals surface area contributed by atoms with Crippen LogP contribution in [0.2, 0.25) is 10.0 Å². The first-order chi connectivity index (χ1) is 15.7. The van der Waals surface area contributed by atoms with Gasteiger partial charge >= 0.3 is 5.97 Å². The molecule has 33 heavy (non-hydrogen) atoms. The Hall–Kier alpha value is -2.75. The second kappa shape index (κ2) is 10.9. The van der Waals surface area contributed by atoms with Crippen LogP contribution in [0.15, 0.2) is 40.6 Å². The number of esters is 1. The van der Waals surface area contributed by atoms with Crippen LogP contribution in [-0.2, 0) is 14.3 Å². The van der Waals surface area contributed by atoms with E-state index in [0.29, 0.717) is 45.2 Å². The lowest BCUT2D eigenvalue weighted by Gasteiger charge is -2.29. The number of hydrogen-bond donors (Lipinski definition) is 1. The van der Waals surface area contributed by atoms with Crippen molar-refractivity contribution in [3.8, 4) is 0 Å². The fourth-order valence-corrected chi connectivity index (χ4v) is 4.53. The number of likely N-dealkylation sites (N-methyl/N-ethyl adjacent to an activating group) is 1. The summed E-state index contributed by atoms with van der Waals surface area (Å²) < 4.78 is 5.87. The van der Waals surface area contributed by atoms with E-state index in [2.05, 4.69) is 20.5 Å². The van der Waals surface area contributed by atoms with E-state index < -0.39 is 6.04 Å². The van der Waals surface area contributed by atoms with E-state index in [4.69, 9.17) is 27.9 Å². The summed E-state index contributed by atoms with van der Waals surface area (Å²) in [5, 5.41) is 12.6. The zero-order valence-electron chi connectivity index (χ0n) is 18.6. The topological polar surface area (TPSA) is 96.2 Å². The predicted octanol–water partition coefficient (Wildman–Crippen LogP) is 6.75. The smallest absolute Gasteiger partial charge is 0.328 e. The number of thiazole rings is 1. The van der Waals surface area contributed by atoms with Crippen molar-refractivity contribution in [2.45, 2.75) is 33.7 Å². The highest BCUT2D eigenvalue weighted by Crippen LogP contribution is 2.38. The molecule has 3 rings (SSSR count). The molecule has 0 saturated heterocycles. The number of rotatable bonds is 8. The van der Waals surface area contributed by atoms with Crippen molar-refractivity contribution >= 4 is 78.8 Å². The fraction of sp³-hybridized carbons (Fsp3) is 0.318. The maximum atomic E-state index is 12.2. The van der Waals surface area contributed by atoms with E-state index in [0.717, 1.165) is 10.4 Å². The van der Waals surface area contributed by atoms with E-state index >= 15 is 0 Å². The molecule has 1 atom stereocenters. The third-order valence-electron chi connectivity index (χ3n) is 4.74. The van der Waals surface area contributed by atoms with Crippen molar-refractivity contribution < 1.29 is 14.3 Å². The molecule has 8 nitrogen and oxygen atoms in total. The summed E-state index contributed by atoms with van der Waals surface area (Å²) >= 11 is 13.6. The Morgan fingerprint density at radius 3 is 2.64 bits per heavy atom. The quantitative estimate of drug-likeness (QED) is 0.268. The average Bonchev–Trinajstić information content (AvgIpc) is 3.20. The number of azo groups is 1. The van der Waals surface area contributed by atoms with Gasteiger partial charge in [-0.2, -0.15) is 0 Å². The second-order valence-corrected chi connectivity index (χ2v) is 8.77. The molecule has 1 amide bonds. The van der Waals surface area contributed by atoms with Crippen LogP contribution in [0.4, 0.5) is 22.2 Å². The van der Waals surface area contributed by atoms with Crippen molar-refractivity contribution in [1.29, 1.82) is 0 Å². The lowest BCUT2D eigenvalue weighted by Crippen LogP contribution is -2.40. The molecule has 0 aliphatic heterocycles. The Bertz CT molecular complexity index is 1210. The van der Waals surface area contributed by atoms with E-state index in [1.165, 1.54) is 18.3 Å². The Labute approximate surface area is 205 Å². The number of amides is 1. The number of hydrogen-bond acceptors (Lipinski definition) is 8. The second-order valence-electron chi connectivity index (χ2n) is 7.00. The molecule has 0 spiro atoms. The highest BCUT2D eigenvalue weighted by atomic mass is 35.5. The number of nitrogens with one attached hydrogen (secondary N) is 1. The minimum atomic E-state index is -0.494. The number of aromatic nitrogens is 1. The van der Waals surface area contributed by atoms with Gasteiger partial charge in [-0.05, 0) is 51.1 Å². The van der Waals surface area contributed by atoms with Gasteiger partial charge in [-0.1, -0.05) is 34.5 Å². The van der Waals surface area contributed by atoms with Gasteiger partial charge < -0.3 is 15.0 Å². The van der Waals surface area contributed by atoms with Gasteiger partial charge in [0.1, 0.15) is 11.7 Å². The van der Waals surface area contributed by atoms with Crippen molar-refractivity contribution in [3.63, 3.8) is 0 Å². The average molecular weight is 508 g/mol. The third-order valence-corrected chi connectivity index (χ3v) is 6.63. The summed E-state index contributed by atoms with van der Waals surface area (Å²) in [5.74, 6) is -0.578. The molecule has 1 N–H and O–H groups in total. The molecule has 0 bridgehead atoms. The number of benzene rings is 2. The molecule has 0 aliphatic carbocycles. The number of carbonyl (C=O) groups excluding carboxylic acids is 2. The van der Waals surface area contributed by atoms with Crippen LogP contribution >= 0.6 is 34.5 Å². The predicted molar refractivity (Wildman–Crippen MR) is 134 cm³/mol. The van der Waals surface area contributed by atoms with E-state index in [1.54, 1.807) is 38.1 Å². The molecule has 1 heterocycles. The minimum Gasteiger partial charge on any atom is -0.464 e. The van der Waals surface area contributed by atoms with Gasteiger partial charge in [0.2, 0.25) is 11.0 Å². The number of carbonyl (C=O) groups is 2. The van der Waals surface area contributed by atoms with Gasteiger partial charge in [-0.25, -0.2) is 9.78 Å². The molecular formula is C22H23Cl2N5O3S. The van der Waals surface area contributed by atoms with Gasteiger partial charge in [0.15, 0.2) is 0 Å². The van der Waals surface area contributed by atoms with Crippen molar-refractivity contribution in [3.05, 3.63) is 40.4 Å². The van der Waals surface area contributed by atoms with E-state index in [9.17, 15) is 9.59 Å². The lowest BCUT2D eigenvalue weighted by atomic mass is 10.2. The van der Waals surface area contributed by atoms with Gasteiger partial charge in [-0.15, -0.1) is 10.2 Å². The molecule has 0 saturated carbocycles. The maximum absolute atomic E-state index is 12.2. The van der Waals surface area contributed by atoms with Crippen LogP contribution in [0.5, 0.6) is 0 Å². The number of halogens is 2. The molecule has 11 heteroatoms. The van der Waals surface area contributed by atoms with Crippen molar-refractivity contribution in [2.75, 3.05) is 23.4 Å². The molecule has 1 aromatic heterocycles. The Morgan fingerprint density at radius 2 is 1.97 bits per heavy atom. The molecule has 2 aromatic carbocycles. The zero-order chi connectivity index (χ0) is 24.1. The van der Waals surface area contributed by atoms with Gasteiger partial charge in [0, 0.05) is 19.2 Å². The number of nitrogens with zero attached hydrogens (tertiary/aromatic N) is 4. The van der Waals surface area contributed by atoms with Crippen LogP contribution < -0.4 is 10.2 Å². The van der Waals surface area contributed by atoms with Gasteiger partial charge in [0.05, 0.1) is 32.6 Å². The molecule has 0 aliphatic rings. The number of anilines is 2. The first-order valence-corrected chi connectivity index (χ1v) is 11.8. The van der Waals surface area contributed by atoms with E-state index in [1.807, 2.05) is 17.9 Å². The van der Waals surface area contributed by atoms with Crippen LogP contribution in [0.1, 0.15) is 27.7 Å². The largest absolute Gasteiger partial charge is 0.464 e. The number of fused-ring (bicyclic) bond motifs is 1. The molecule has 1 unspecified atom stereocenters. The molecular weight excluding hydrogens is 485 g/mol. The normalized spacial score (nSPS) is 12.2. The Kier molecular flexibility index (Phi) is 8.23. The van der Waals surface area contributed by atoms with Crippen molar-refractivity contribution in [1.82, 2.24) is 4.98 Å². The fourth-order valence-electron chi connectivity index (χ4n) is 3.21. The third kappa shape index (κ3) is 5.79. The first-order valence-electron chi connectivity index (χ1n) is 10.3. The summed E-state index contributed by atoms with van der Waals surface area (Å²) in [4.78, 5) is 30.3. The molecule has 3 aromatic rings. The lowest BCUT2D eigenvalue weighted by molar-refractivity contribution is -0.144. The minimum absolute atomic E-state index is 0.258. The summed E-state index contributed by atoms with van der Waals surface area (Å²) in [6, 6.07) is 8.24. The van der Waals surface area contributed by atoms with Gasteiger partial charge in [0.25, 0.3) is 0 Å². The SMILES string of the molecule is CCOC(=O)C(C)N(CC)c1ccc(N=Nc2nc3ccc(Cl)c(Cl)c3s2)c(NC(C)=O)c1. The molecule has 0 radical (unpaired) electrons. The maximum Gasteiger partial charge on any atom is 0.328 e. The monoisotopic (exact) mass is 507 g/mol. The van der Waals surface area contributed by atoms with Crippen LogP contribution in [0.25, 0.3) is 10.2 Å². The van der Waals surface area contributed by atoms with Gasteiger partial charge in [-0.3, -0.25) is 4.79 Å². The summed E-state index contributed by atoms with van der Waals surface area (Å²) in [5.41, 5.74) is 2.31. The Balaban J connectivity index is 1.94. The van der Waals surface area contributed by atoms with E-state index in [-0.39, 0.29) is 11.9 Å². The first kappa shape index (κ1) is 24.9. The highest BCUT2D eigenvalue weighted by molar-refractivity contribution is 7.22. The summed E-state index contributed by atoms with van der Waals surface area (Å²) in [6.45, 7) is 7.76. The standard InChI is InChI=1S/C22H23Cl2N5O3S/c1-5-29(12(3)21(31)32-6-2)14-7-9-16(18(11-14)25-13(4)30)27-28-22-26-17-10-8-15(23)19(24)20(17)33-22/h7-12H,5-6H2,1-4H3,(H,25,30). The summed E-state index contributed by atoms with van der Waals surface area (Å²) in [7, 11) is 0. The molecule has 174 valence electrons. The zero-order valence-corrected chi connectivity index (χ0v) is 20.9. The van der Waals surface area contributed by atoms with Crippen molar-refractivity contribution in [2.24, 2.45) is 10.2 Å². The number of ether oxygens (including phenoxy) is 1. The molecule has 0 fully saturated rings.